The number of rotatable bonds is 11. The van der Waals surface area contributed by atoms with Crippen molar-refractivity contribution in [2.45, 2.75) is 18.4 Å². The van der Waals surface area contributed by atoms with Crippen LogP contribution >= 0.6 is 0 Å². The van der Waals surface area contributed by atoms with Gasteiger partial charge < -0.3 is 19.3 Å². The Morgan fingerprint density at radius 2 is 0.740 bits per heavy atom. The molecule has 0 saturated carbocycles. The third kappa shape index (κ3) is 8.10. The average molecular weight is 987 g/mol. The van der Waals surface area contributed by atoms with Gasteiger partial charge in [0.1, 0.15) is 0 Å². The highest BCUT2D eigenvalue weighted by atomic mass is 15.2. The number of para-hydroxylation sites is 3. The molecular formula is C73H54N4. The molecule has 1 unspecified atom stereocenters. The monoisotopic (exact) mass is 986 g/mol. The molecule has 4 nitrogen and oxygen atoms in total. The van der Waals surface area contributed by atoms with Crippen molar-refractivity contribution in [1.29, 1.82) is 0 Å². The van der Waals surface area contributed by atoms with Crippen molar-refractivity contribution < 1.29 is 0 Å². The lowest BCUT2D eigenvalue weighted by Crippen LogP contribution is -2.39. The van der Waals surface area contributed by atoms with Crippen LogP contribution in [0.25, 0.3) is 60.9 Å². The van der Waals surface area contributed by atoms with Crippen molar-refractivity contribution in [3.05, 3.63) is 309 Å². The van der Waals surface area contributed by atoms with E-state index in [1.54, 1.807) is 0 Å². The van der Waals surface area contributed by atoms with E-state index in [2.05, 4.69) is 330 Å². The Morgan fingerprint density at radius 1 is 0.338 bits per heavy atom. The maximum Gasteiger partial charge on any atom is 0.0655 e. The van der Waals surface area contributed by atoms with E-state index < -0.39 is 0 Å². The van der Waals surface area contributed by atoms with Crippen LogP contribution in [0.15, 0.2) is 303 Å². The fourth-order valence-electron chi connectivity index (χ4n) is 12.0. The van der Waals surface area contributed by atoms with Crippen LogP contribution in [0.1, 0.15) is 12.5 Å². The summed E-state index contributed by atoms with van der Waals surface area (Å²) in [5, 5.41) is 2.43. The molecule has 366 valence electrons. The molecule has 0 fully saturated rings. The second kappa shape index (κ2) is 19.1. The van der Waals surface area contributed by atoms with Crippen LogP contribution in [0.2, 0.25) is 0 Å². The summed E-state index contributed by atoms with van der Waals surface area (Å²) in [5.41, 5.74) is 20.7. The molecule has 1 aliphatic carbocycles. The predicted octanol–water partition coefficient (Wildman–Crippen LogP) is 19.6. The molecule has 11 aromatic carbocycles. The minimum Gasteiger partial charge on any atom is -0.333 e. The van der Waals surface area contributed by atoms with Crippen LogP contribution in [0.4, 0.5) is 45.5 Å². The van der Waals surface area contributed by atoms with Gasteiger partial charge in [0.2, 0.25) is 0 Å². The van der Waals surface area contributed by atoms with E-state index >= 15 is 0 Å². The first kappa shape index (κ1) is 45.7. The lowest BCUT2D eigenvalue weighted by atomic mass is 9.76. The van der Waals surface area contributed by atoms with E-state index in [9.17, 15) is 0 Å². The summed E-state index contributed by atoms with van der Waals surface area (Å²) in [4.78, 5) is 7.29. The molecule has 2 atom stereocenters. The van der Waals surface area contributed by atoms with Crippen LogP contribution in [-0.4, -0.2) is 10.6 Å². The van der Waals surface area contributed by atoms with E-state index in [1.165, 1.54) is 61.0 Å². The van der Waals surface area contributed by atoms with Gasteiger partial charge in [-0.1, -0.05) is 188 Å². The number of benzene rings is 11. The zero-order valence-corrected chi connectivity index (χ0v) is 42.7. The molecule has 77 heavy (non-hydrogen) atoms. The Bertz CT molecular complexity index is 4130. The Hall–Kier alpha value is -9.90. The molecular weight excluding hydrogens is 933 g/mol. The minimum absolute atomic E-state index is 0.161. The van der Waals surface area contributed by atoms with Gasteiger partial charge in [0.15, 0.2) is 0 Å². The number of hydrogen-bond acceptors (Lipinski definition) is 3. The van der Waals surface area contributed by atoms with Crippen LogP contribution < -0.4 is 14.7 Å². The van der Waals surface area contributed by atoms with Crippen molar-refractivity contribution in [1.82, 2.24) is 4.57 Å². The molecule has 0 N–H and O–H groups in total. The first-order valence-corrected chi connectivity index (χ1v) is 26.6. The molecule has 0 spiro atoms. The second-order valence-corrected chi connectivity index (χ2v) is 20.4. The summed E-state index contributed by atoms with van der Waals surface area (Å²) >= 11 is 0. The topological polar surface area (TPSA) is 14.7 Å². The van der Waals surface area contributed by atoms with Gasteiger partial charge in [0.25, 0.3) is 0 Å². The number of allylic oxidation sites excluding steroid dienone is 2. The summed E-state index contributed by atoms with van der Waals surface area (Å²) in [6, 6.07) is 102. The molecule has 12 aromatic rings. The van der Waals surface area contributed by atoms with Crippen LogP contribution in [-0.2, 0) is 5.41 Å². The number of nitrogens with zero attached hydrogens (tertiary/aromatic N) is 4. The SMILES string of the molecule is C[C@@]12C=CC=CC1N(c1ccccc1)c1ccc(N(c3ccc(-c4ccccc4)cc3)c3ccc(-c4ccc(N(c5ccc(-c6ccccc6)cc5)c5ccc6c(c5)c5ccccc5n6-c5ccccc5)cc4)cc3)cc12. The number of aromatic nitrogens is 1. The molecule has 1 aliphatic heterocycles. The number of hydrogen-bond donors (Lipinski definition) is 0. The summed E-state index contributed by atoms with van der Waals surface area (Å²) in [5.74, 6) is 0. The molecule has 0 radical (unpaired) electrons. The first-order chi connectivity index (χ1) is 38.1. The fourth-order valence-corrected chi connectivity index (χ4v) is 12.0. The van der Waals surface area contributed by atoms with Crippen LogP contribution in [0.5, 0.6) is 0 Å². The van der Waals surface area contributed by atoms with Gasteiger partial charge in [-0.15, -0.1) is 0 Å². The highest BCUT2D eigenvalue weighted by Crippen LogP contribution is 2.53. The normalized spacial score (nSPS) is 15.4. The summed E-state index contributed by atoms with van der Waals surface area (Å²) in [6.45, 7) is 2.38. The zero-order chi connectivity index (χ0) is 51.3. The summed E-state index contributed by atoms with van der Waals surface area (Å²) in [6.07, 6.45) is 9.13. The highest BCUT2D eigenvalue weighted by molar-refractivity contribution is 6.10. The largest absolute Gasteiger partial charge is 0.333 e. The van der Waals surface area contributed by atoms with Crippen molar-refractivity contribution >= 4 is 67.3 Å². The van der Waals surface area contributed by atoms with E-state index in [-0.39, 0.29) is 11.5 Å². The van der Waals surface area contributed by atoms with Gasteiger partial charge in [-0.2, -0.15) is 0 Å². The van der Waals surface area contributed by atoms with Gasteiger partial charge in [-0.25, -0.2) is 0 Å². The lowest BCUT2D eigenvalue weighted by molar-refractivity contribution is 0.551. The summed E-state index contributed by atoms with van der Waals surface area (Å²) < 4.78 is 2.38. The quantitative estimate of drug-likeness (QED) is 0.128. The van der Waals surface area contributed by atoms with Gasteiger partial charge in [-0.3, -0.25) is 0 Å². The van der Waals surface area contributed by atoms with Crippen LogP contribution in [0.3, 0.4) is 0 Å². The molecule has 1 aromatic heterocycles. The van der Waals surface area contributed by atoms with Gasteiger partial charge in [0, 0.05) is 67.4 Å². The number of anilines is 8. The maximum atomic E-state index is 2.50. The number of fused-ring (bicyclic) bond motifs is 6. The molecule has 2 aliphatic rings. The van der Waals surface area contributed by atoms with E-state index in [1.807, 2.05) is 0 Å². The zero-order valence-electron chi connectivity index (χ0n) is 42.7. The molecule has 0 saturated heterocycles. The Labute approximate surface area is 450 Å². The second-order valence-electron chi connectivity index (χ2n) is 20.4. The molecule has 2 heterocycles. The molecule has 14 rings (SSSR count). The first-order valence-electron chi connectivity index (χ1n) is 26.6. The lowest BCUT2D eigenvalue weighted by Gasteiger charge is -2.34. The molecule has 0 amide bonds. The van der Waals surface area contributed by atoms with Gasteiger partial charge in [-0.05, 0) is 161 Å². The Kier molecular flexibility index (Phi) is 11.3. The average Bonchev–Trinajstić information content (AvgIpc) is 4.16. The van der Waals surface area contributed by atoms with Crippen molar-refractivity contribution in [3.63, 3.8) is 0 Å². The van der Waals surface area contributed by atoms with Gasteiger partial charge in [0.05, 0.1) is 17.1 Å². The van der Waals surface area contributed by atoms with Crippen LogP contribution in [0, 0.1) is 0 Å². The summed E-state index contributed by atoms with van der Waals surface area (Å²) in [7, 11) is 0. The Balaban J connectivity index is 0.834. The molecule has 4 heteroatoms. The van der Waals surface area contributed by atoms with Crippen molar-refractivity contribution in [2.75, 3.05) is 14.7 Å². The van der Waals surface area contributed by atoms with Crippen molar-refractivity contribution in [3.8, 4) is 39.1 Å². The predicted molar refractivity (Wildman–Crippen MR) is 324 cm³/mol. The van der Waals surface area contributed by atoms with Gasteiger partial charge >= 0.3 is 0 Å². The smallest absolute Gasteiger partial charge is 0.0655 e. The van der Waals surface area contributed by atoms with Crippen molar-refractivity contribution in [2.24, 2.45) is 0 Å². The van der Waals surface area contributed by atoms with E-state index in [4.69, 9.17) is 0 Å². The standard InChI is InChI=1S/C73H54N4/c1-73-49-17-16-28-72(73)77(59-24-12-5-13-25-59)71-48-46-65(51-68(71)73)75(62-39-31-55(32-40-62)53-20-8-3-9-21-53)63-43-35-57(36-44-63)56-33-41-61(42-34-56)74(60-37-29-54(30-38-60)52-18-6-2-7-19-52)64-45-47-70-67(50-64)66-26-14-15-27-69(66)76(70)58-22-10-4-11-23-58/h2-51,72H,1H3/t72?,73-/m0/s1. The maximum absolute atomic E-state index is 2.50. The Morgan fingerprint density at radius 3 is 1.26 bits per heavy atom. The van der Waals surface area contributed by atoms with E-state index in [0.717, 1.165) is 50.9 Å². The third-order valence-corrected chi connectivity index (χ3v) is 15.8. The minimum atomic E-state index is -0.217. The fraction of sp³-hybridized carbons (Fsp3) is 0.0411. The molecule has 0 bridgehead atoms. The van der Waals surface area contributed by atoms with E-state index in [0.29, 0.717) is 0 Å². The third-order valence-electron chi connectivity index (χ3n) is 15.8. The highest BCUT2D eigenvalue weighted by Gasteiger charge is 2.46.